The van der Waals surface area contributed by atoms with Crippen LogP contribution in [0.25, 0.3) is 11.1 Å². The molecular formula is C15H18N2O2. The number of carbonyl (C=O) groups excluding carboxylic acids is 1. The zero-order valence-corrected chi connectivity index (χ0v) is 11.7. The Balaban J connectivity index is 2.26. The summed E-state index contributed by atoms with van der Waals surface area (Å²) < 4.78 is 5.62. The fourth-order valence-corrected chi connectivity index (χ4v) is 1.71. The van der Waals surface area contributed by atoms with E-state index in [1.165, 1.54) is 0 Å². The van der Waals surface area contributed by atoms with Crippen LogP contribution in [0.5, 0.6) is 0 Å². The quantitative estimate of drug-likeness (QED) is 0.850. The zero-order valence-electron chi connectivity index (χ0n) is 11.7. The first kappa shape index (κ1) is 13.3. The highest BCUT2D eigenvalue weighted by Gasteiger charge is 2.10. The highest BCUT2D eigenvalue weighted by molar-refractivity contribution is 6.00. The summed E-state index contributed by atoms with van der Waals surface area (Å²) in [4.78, 5) is 16.0. The van der Waals surface area contributed by atoms with E-state index in [9.17, 15) is 4.79 Å². The lowest BCUT2D eigenvalue weighted by atomic mass is 10.2. The molecule has 0 atom stereocenters. The summed E-state index contributed by atoms with van der Waals surface area (Å²) in [5, 5.41) is 2.81. The molecule has 0 radical (unpaired) electrons. The Hall–Kier alpha value is -2.10. The van der Waals surface area contributed by atoms with E-state index in [2.05, 4.69) is 10.3 Å². The normalized spacial score (nSPS) is 10.8. The molecule has 0 spiro atoms. The number of nitrogens with zero attached hydrogens (tertiary/aromatic N) is 1. The number of oxazole rings is 1. The van der Waals surface area contributed by atoms with Crippen LogP contribution in [-0.2, 0) is 4.79 Å². The predicted octanol–water partition coefficient (Wildman–Crippen LogP) is 3.86. The average Bonchev–Trinajstić information content (AvgIpc) is 2.70. The Morgan fingerprint density at radius 3 is 2.74 bits per heavy atom. The Morgan fingerprint density at radius 1 is 1.37 bits per heavy atom. The monoisotopic (exact) mass is 258 g/mol. The highest BCUT2D eigenvalue weighted by atomic mass is 16.3. The van der Waals surface area contributed by atoms with Gasteiger partial charge in [0.05, 0.1) is 0 Å². The van der Waals surface area contributed by atoms with Gasteiger partial charge in [0, 0.05) is 17.7 Å². The first-order chi connectivity index (χ1) is 8.95. The number of hydrogen-bond donors (Lipinski definition) is 1. The van der Waals surface area contributed by atoms with Gasteiger partial charge < -0.3 is 9.73 Å². The van der Waals surface area contributed by atoms with Crippen LogP contribution in [-0.4, -0.2) is 10.9 Å². The number of aromatic nitrogens is 1. The molecule has 1 amide bonds. The van der Waals surface area contributed by atoms with E-state index in [1.54, 1.807) is 6.08 Å². The summed E-state index contributed by atoms with van der Waals surface area (Å²) in [6, 6.07) is 5.46. The Bertz CT molecular complexity index is 635. The highest BCUT2D eigenvalue weighted by Crippen LogP contribution is 2.23. The Labute approximate surface area is 112 Å². The maximum atomic E-state index is 11.6. The van der Waals surface area contributed by atoms with Crippen LogP contribution in [0.15, 0.2) is 34.3 Å². The van der Waals surface area contributed by atoms with Gasteiger partial charge in [0.1, 0.15) is 5.52 Å². The fraction of sp³-hybridized carbons (Fsp3) is 0.333. The Morgan fingerprint density at radius 2 is 2.11 bits per heavy atom. The second-order valence-electron chi connectivity index (χ2n) is 5.10. The van der Waals surface area contributed by atoms with Crippen molar-refractivity contribution in [3.05, 3.63) is 35.7 Å². The predicted molar refractivity (Wildman–Crippen MR) is 76.2 cm³/mol. The van der Waals surface area contributed by atoms with Crippen molar-refractivity contribution in [1.29, 1.82) is 0 Å². The van der Waals surface area contributed by atoms with Gasteiger partial charge in [-0.2, -0.15) is 0 Å². The number of carbonyl (C=O) groups is 1. The van der Waals surface area contributed by atoms with Gasteiger partial charge in [-0.3, -0.25) is 4.79 Å². The van der Waals surface area contributed by atoms with Crippen LogP contribution in [0, 0.1) is 0 Å². The van der Waals surface area contributed by atoms with E-state index in [0.717, 1.165) is 22.4 Å². The molecule has 1 heterocycles. The van der Waals surface area contributed by atoms with Gasteiger partial charge >= 0.3 is 0 Å². The number of nitrogens with one attached hydrogen (secondary N) is 1. The molecule has 1 N–H and O–H groups in total. The maximum Gasteiger partial charge on any atom is 0.248 e. The van der Waals surface area contributed by atoms with Gasteiger partial charge in [0.25, 0.3) is 0 Å². The first-order valence-electron chi connectivity index (χ1n) is 6.32. The molecule has 1 aromatic heterocycles. The van der Waals surface area contributed by atoms with E-state index < -0.39 is 0 Å². The molecule has 0 aliphatic carbocycles. The SMILES string of the molecule is CC(C)=CC(=O)Nc1ccc2oc(C(C)C)nc2c1. The number of rotatable bonds is 3. The summed E-state index contributed by atoms with van der Waals surface area (Å²) in [7, 11) is 0. The molecule has 0 bridgehead atoms. The van der Waals surface area contributed by atoms with Crippen molar-refractivity contribution < 1.29 is 9.21 Å². The van der Waals surface area contributed by atoms with E-state index in [1.807, 2.05) is 45.9 Å². The van der Waals surface area contributed by atoms with Crippen LogP contribution < -0.4 is 5.32 Å². The summed E-state index contributed by atoms with van der Waals surface area (Å²) in [6.07, 6.45) is 1.56. The van der Waals surface area contributed by atoms with E-state index in [4.69, 9.17) is 4.42 Å². The second-order valence-corrected chi connectivity index (χ2v) is 5.10. The van der Waals surface area contributed by atoms with Crippen molar-refractivity contribution in [2.24, 2.45) is 0 Å². The second kappa shape index (κ2) is 5.26. The zero-order chi connectivity index (χ0) is 14.0. The van der Waals surface area contributed by atoms with Crippen molar-refractivity contribution in [2.45, 2.75) is 33.6 Å². The lowest BCUT2D eigenvalue weighted by Crippen LogP contribution is -2.08. The van der Waals surface area contributed by atoms with Gasteiger partial charge in [0.15, 0.2) is 11.5 Å². The largest absolute Gasteiger partial charge is 0.440 e. The van der Waals surface area contributed by atoms with E-state index >= 15 is 0 Å². The number of allylic oxidation sites excluding steroid dienone is 1. The molecule has 0 saturated carbocycles. The minimum atomic E-state index is -0.132. The lowest BCUT2D eigenvalue weighted by molar-refractivity contribution is -0.111. The molecule has 0 aliphatic rings. The minimum absolute atomic E-state index is 0.132. The first-order valence-corrected chi connectivity index (χ1v) is 6.32. The van der Waals surface area contributed by atoms with Crippen LogP contribution in [0.4, 0.5) is 5.69 Å². The van der Waals surface area contributed by atoms with Crippen LogP contribution in [0.3, 0.4) is 0 Å². The van der Waals surface area contributed by atoms with Gasteiger partial charge in [-0.15, -0.1) is 0 Å². The molecule has 2 rings (SSSR count). The number of hydrogen-bond acceptors (Lipinski definition) is 3. The molecule has 4 heteroatoms. The molecule has 0 aliphatic heterocycles. The third kappa shape index (κ3) is 3.22. The van der Waals surface area contributed by atoms with Crippen LogP contribution in [0.2, 0.25) is 0 Å². The van der Waals surface area contributed by atoms with Crippen molar-refractivity contribution in [1.82, 2.24) is 4.98 Å². The molecule has 100 valence electrons. The Kier molecular flexibility index (Phi) is 3.69. The van der Waals surface area contributed by atoms with Gasteiger partial charge in [0.2, 0.25) is 5.91 Å². The minimum Gasteiger partial charge on any atom is -0.440 e. The van der Waals surface area contributed by atoms with Crippen LogP contribution in [0.1, 0.15) is 39.5 Å². The van der Waals surface area contributed by atoms with Gasteiger partial charge in [-0.25, -0.2) is 4.98 Å². The van der Waals surface area contributed by atoms with Crippen LogP contribution >= 0.6 is 0 Å². The summed E-state index contributed by atoms with van der Waals surface area (Å²) >= 11 is 0. The third-order valence-corrected chi connectivity index (χ3v) is 2.59. The number of fused-ring (bicyclic) bond motifs is 1. The van der Waals surface area contributed by atoms with Crippen molar-refractivity contribution in [2.75, 3.05) is 5.32 Å². The topological polar surface area (TPSA) is 55.1 Å². The molecule has 19 heavy (non-hydrogen) atoms. The molecule has 2 aromatic rings. The fourth-order valence-electron chi connectivity index (χ4n) is 1.71. The van der Waals surface area contributed by atoms with Crippen molar-refractivity contribution in [3.8, 4) is 0 Å². The number of benzene rings is 1. The van der Waals surface area contributed by atoms with Gasteiger partial charge in [-0.05, 0) is 32.0 Å². The molecule has 4 nitrogen and oxygen atoms in total. The maximum absolute atomic E-state index is 11.6. The van der Waals surface area contributed by atoms with Gasteiger partial charge in [-0.1, -0.05) is 19.4 Å². The molecule has 0 saturated heterocycles. The van der Waals surface area contributed by atoms with E-state index in [0.29, 0.717) is 5.89 Å². The number of anilines is 1. The lowest BCUT2D eigenvalue weighted by Gasteiger charge is -2.01. The van der Waals surface area contributed by atoms with E-state index in [-0.39, 0.29) is 11.8 Å². The summed E-state index contributed by atoms with van der Waals surface area (Å²) in [5.41, 5.74) is 3.18. The van der Waals surface area contributed by atoms with Crippen molar-refractivity contribution in [3.63, 3.8) is 0 Å². The smallest absolute Gasteiger partial charge is 0.248 e. The summed E-state index contributed by atoms with van der Waals surface area (Å²) in [5.74, 6) is 0.825. The molecule has 0 unspecified atom stereocenters. The average molecular weight is 258 g/mol. The molecule has 0 fully saturated rings. The standard InChI is InChI=1S/C15H18N2O2/c1-9(2)7-14(18)16-11-5-6-13-12(8-11)17-15(19-13)10(3)4/h5-8,10H,1-4H3,(H,16,18). The number of amides is 1. The molecule has 1 aromatic carbocycles. The third-order valence-electron chi connectivity index (χ3n) is 2.59. The summed E-state index contributed by atoms with van der Waals surface area (Å²) in [6.45, 7) is 7.83. The molecular weight excluding hydrogens is 240 g/mol. The van der Waals surface area contributed by atoms with Crippen molar-refractivity contribution >= 4 is 22.7 Å².